The van der Waals surface area contributed by atoms with Crippen LogP contribution in [0, 0.1) is 0 Å². The van der Waals surface area contributed by atoms with Crippen molar-refractivity contribution in [2.24, 2.45) is 0 Å². The molecule has 200 valence electrons. The van der Waals surface area contributed by atoms with E-state index in [1.54, 1.807) is 0 Å². The minimum atomic E-state index is -1.28. The average Bonchev–Trinajstić information content (AvgIpc) is 2.84. The lowest BCUT2D eigenvalue weighted by Gasteiger charge is -2.27. The van der Waals surface area contributed by atoms with Gasteiger partial charge in [-0.25, -0.2) is 0 Å². The first-order valence-electron chi connectivity index (χ1n) is 13.7. The second-order valence-corrected chi connectivity index (χ2v) is 9.39. The maximum Gasteiger partial charge on any atom is 0.249 e. The Kier molecular flexibility index (Phi) is 22.7. The molecule has 34 heavy (non-hydrogen) atoms. The van der Waals surface area contributed by atoms with Gasteiger partial charge in [0.1, 0.15) is 12.2 Å². The van der Waals surface area contributed by atoms with Crippen molar-refractivity contribution in [2.45, 2.75) is 141 Å². The number of carbonyl (C=O) groups excluding carboxylic acids is 1. The fourth-order valence-corrected chi connectivity index (χ4v) is 3.95. The molecule has 0 saturated heterocycles. The van der Waals surface area contributed by atoms with Gasteiger partial charge in [0.2, 0.25) is 5.91 Å². The first-order chi connectivity index (χ1) is 16.5. The molecule has 0 radical (unpaired) electrons. The fourth-order valence-electron chi connectivity index (χ4n) is 3.95. The maximum atomic E-state index is 12.3. The molecule has 0 rings (SSSR count). The Bertz CT molecular complexity index is 523. The lowest BCUT2D eigenvalue weighted by atomic mass is 10.00. The molecule has 0 aromatic carbocycles. The lowest BCUT2D eigenvalue weighted by molar-refractivity contribution is -0.132. The highest BCUT2D eigenvalue weighted by molar-refractivity contribution is 5.80. The van der Waals surface area contributed by atoms with Gasteiger partial charge in [0.25, 0.3) is 0 Å². The molecule has 0 aliphatic carbocycles. The molecule has 0 aliphatic rings. The van der Waals surface area contributed by atoms with E-state index >= 15 is 0 Å². The highest BCUT2D eigenvalue weighted by atomic mass is 16.3. The smallest absolute Gasteiger partial charge is 0.249 e. The number of aliphatic hydroxyl groups excluding tert-OH is 4. The normalized spacial score (nSPS) is 15.6. The van der Waals surface area contributed by atoms with Crippen LogP contribution in [0.3, 0.4) is 0 Å². The van der Waals surface area contributed by atoms with E-state index in [0.717, 1.165) is 38.5 Å². The summed E-state index contributed by atoms with van der Waals surface area (Å²) < 4.78 is 0. The molecule has 0 heterocycles. The summed E-state index contributed by atoms with van der Waals surface area (Å²) in [4.78, 5) is 12.3. The molecule has 0 fully saturated rings. The number of carbonyl (C=O) groups is 1. The van der Waals surface area contributed by atoms with Crippen molar-refractivity contribution in [3.05, 3.63) is 24.3 Å². The number of unbranched alkanes of at least 4 members (excludes halogenated alkanes) is 11. The van der Waals surface area contributed by atoms with Crippen LogP contribution in [0.5, 0.6) is 0 Å². The molecule has 0 aromatic heterocycles. The Balaban J connectivity index is 4.02. The number of aliphatic hydroxyl groups is 4. The van der Waals surface area contributed by atoms with Crippen LogP contribution in [0.25, 0.3) is 0 Å². The van der Waals surface area contributed by atoms with Crippen molar-refractivity contribution in [3.8, 4) is 0 Å². The fraction of sp³-hybridized carbons (Fsp3) is 0.821. The Morgan fingerprint density at radius 3 is 1.91 bits per heavy atom. The summed E-state index contributed by atoms with van der Waals surface area (Å²) in [6.45, 7) is 3.72. The summed E-state index contributed by atoms with van der Waals surface area (Å²) in [5.41, 5.74) is 0. The van der Waals surface area contributed by atoms with E-state index < -0.39 is 36.9 Å². The molecule has 6 heteroatoms. The van der Waals surface area contributed by atoms with E-state index in [2.05, 4.69) is 30.5 Å². The van der Waals surface area contributed by atoms with Crippen LogP contribution in [0.2, 0.25) is 0 Å². The van der Waals surface area contributed by atoms with Gasteiger partial charge in [-0.3, -0.25) is 4.79 Å². The third kappa shape index (κ3) is 18.2. The van der Waals surface area contributed by atoms with Crippen LogP contribution < -0.4 is 5.32 Å². The molecule has 0 aromatic rings. The quantitative estimate of drug-likeness (QED) is 0.104. The minimum Gasteiger partial charge on any atom is -0.394 e. The van der Waals surface area contributed by atoms with E-state index in [-0.39, 0.29) is 0 Å². The summed E-state index contributed by atoms with van der Waals surface area (Å²) in [5, 5.41) is 42.8. The molecule has 0 saturated carbocycles. The molecular weight excluding hydrogens is 430 g/mol. The summed E-state index contributed by atoms with van der Waals surface area (Å²) in [6, 6.07) is -0.999. The van der Waals surface area contributed by atoms with Crippen LogP contribution in [0.4, 0.5) is 0 Å². The molecule has 6 nitrogen and oxygen atoms in total. The number of hydrogen-bond acceptors (Lipinski definition) is 5. The SMILES string of the molecule is C/C=C/CC/C=C/CCCC(O)C(O)C(CO)NC(=O)C(O)CCCCCCCCCCCC. The monoisotopic (exact) mass is 483 g/mol. The maximum absolute atomic E-state index is 12.3. The topological polar surface area (TPSA) is 110 Å². The molecule has 4 unspecified atom stereocenters. The van der Waals surface area contributed by atoms with Gasteiger partial charge in [0, 0.05) is 0 Å². The Morgan fingerprint density at radius 2 is 1.32 bits per heavy atom. The van der Waals surface area contributed by atoms with E-state index in [1.165, 1.54) is 44.9 Å². The van der Waals surface area contributed by atoms with Crippen LogP contribution in [0.15, 0.2) is 24.3 Å². The van der Waals surface area contributed by atoms with Crippen LogP contribution in [-0.4, -0.2) is 57.3 Å². The second-order valence-electron chi connectivity index (χ2n) is 9.39. The standard InChI is InChI=1S/C28H53NO5/c1-3-5-7-9-11-13-14-16-18-20-22-26(32)28(34)29-24(23-30)27(33)25(31)21-19-17-15-12-10-8-6-4-2/h4,6,12,15,24-27,30-33H,3,5,7-11,13-14,16-23H2,1-2H3,(H,29,34)/b6-4+,15-12+. The zero-order chi connectivity index (χ0) is 25.4. The molecule has 0 bridgehead atoms. The molecule has 1 amide bonds. The van der Waals surface area contributed by atoms with Crippen molar-refractivity contribution in [1.29, 1.82) is 0 Å². The van der Waals surface area contributed by atoms with Gasteiger partial charge in [-0.15, -0.1) is 0 Å². The largest absolute Gasteiger partial charge is 0.394 e. The van der Waals surface area contributed by atoms with E-state index in [4.69, 9.17) is 0 Å². The predicted molar refractivity (Wildman–Crippen MR) is 141 cm³/mol. The number of allylic oxidation sites excluding steroid dienone is 4. The first kappa shape index (κ1) is 32.8. The van der Waals surface area contributed by atoms with Gasteiger partial charge in [-0.2, -0.15) is 0 Å². The van der Waals surface area contributed by atoms with E-state index in [9.17, 15) is 25.2 Å². The lowest BCUT2D eigenvalue weighted by Crippen LogP contribution is -2.53. The summed E-state index contributed by atoms with van der Waals surface area (Å²) >= 11 is 0. The zero-order valence-corrected chi connectivity index (χ0v) is 21.8. The Morgan fingerprint density at radius 1 is 0.765 bits per heavy atom. The Hall–Kier alpha value is -1.21. The van der Waals surface area contributed by atoms with Crippen molar-refractivity contribution in [2.75, 3.05) is 6.61 Å². The number of amides is 1. The Labute approximate surface area is 208 Å². The summed E-state index contributed by atoms with van der Waals surface area (Å²) in [6.07, 6.45) is 20.8. The van der Waals surface area contributed by atoms with Gasteiger partial charge in [-0.1, -0.05) is 95.4 Å². The minimum absolute atomic E-state index is 0.361. The highest BCUT2D eigenvalue weighted by Gasteiger charge is 2.28. The number of rotatable bonds is 23. The van der Waals surface area contributed by atoms with E-state index in [0.29, 0.717) is 19.3 Å². The predicted octanol–water partition coefficient (Wildman–Crippen LogP) is 4.94. The molecule has 0 aliphatic heterocycles. The van der Waals surface area contributed by atoms with Crippen molar-refractivity contribution in [3.63, 3.8) is 0 Å². The van der Waals surface area contributed by atoms with Gasteiger partial charge >= 0.3 is 0 Å². The summed E-state index contributed by atoms with van der Waals surface area (Å²) in [5.74, 6) is -0.606. The molecule has 4 atom stereocenters. The van der Waals surface area contributed by atoms with Crippen LogP contribution in [0.1, 0.15) is 117 Å². The number of hydrogen-bond donors (Lipinski definition) is 5. The van der Waals surface area contributed by atoms with Gasteiger partial charge in [0.15, 0.2) is 0 Å². The molecule has 5 N–H and O–H groups in total. The third-order valence-corrected chi connectivity index (χ3v) is 6.24. The summed E-state index contributed by atoms with van der Waals surface area (Å²) in [7, 11) is 0. The van der Waals surface area contributed by atoms with Crippen LogP contribution in [-0.2, 0) is 4.79 Å². The van der Waals surface area contributed by atoms with Crippen molar-refractivity contribution in [1.82, 2.24) is 5.32 Å². The number of nitrogens with one attached hydrogen (secondary N) is 1. The first-order valence-corrected chi connectivity index (χ1v) is 13.7. The van der Waals surface area contributed by atoms with Gasteiger partial charge < -0.3 is 25.7 Å². The average molecular weight is 484 g/mol. The molecular formula is C28H53NO5. The van der Waals surface area contributed by atoms with E-state index in [1.807, 2.05) is 13.0 Å². The van der Waals surface area contributed by atoms with Crippen LogP contribution >= 0.6 is 0 Å². The van der Waals surface area contributed by atoms with Gasteiger partial charge in [0.05, 0.1) is 18.8 Å². The van der Waals surface area contributed by atoms with Gasteiger partial charge in [-0.05, 0) is 45.4 Å². The molecule has 0 spiro atoms. The third-order valence-electron chi connectivity index (χ3n) is 6.24. The van der Waals surface area contributed by atoms with Crippen molar-refractivity contribution < 1.29 is 25.2 Å². The highest BCUT2D eigenvalue weighted by Crippen LogP contribution is 2.13. The zero-order valence-electron chi connectivity index (χ0n) is 21.8. The second kappa shape index (κ2) is 23.5. The van der Waals surface area contributed by atoms with Crippen molar-refractivity contribution >= 4 is 5.91 Å².